The summed E-state index contributed by atoms with van der Waals surface area (Å²) in [5.74, 6) is 0. The summed E-state index contributed by atoms with van der Waals surface area (Å²) in [4.78, 5) is 0. The molecule has 0 aliphatic rings. The summed E-state index contributed by atoms with van der Waals surface area (Å²) >= 11 is 8.88. The molecule has 0 N–H and O–H groups in total. The first-order valence-corrected chi connectivity index (χ1v) is 6.26. The molecule has 0 heterocycles. The number of hydrogen-bond acceptors (Lipinski definition) is 2. The third-order valence-corrected chi connectivity index (χ3v) is 2.73. The van der Waals surface area contributed by atoms with Crippen molar-refractivity contribution in [2.45, 2.75) is 64.9 Å². The molecule has 0 unspecified atom stereocenters. The third-order valence-electron chi connectivity index (χ3n) is 2.28. The molecule has 0 aromatic rings. The van der Waals surface area contributed by atoms with E-state index in [0.717, 1.165) is 6.42 Å². The van der Waals surface area contributed by atoms with Crippen molar-refractivity contribution in [2.75, 3.05) is 0 Å². The second-order valence-electron chi connectivity index (χ2n) is 6.62. The molecule has 0 aromatic heterocycles. The largest absolute Gasteiger partial charge is 0.162 e. The molecule has 0 radical (unpaired) electrons. The van der Waals surface area contributed by atoms with Gasteiger partial charge in [0.05, 0.1) is 4.08 Å². The van der Waals surface area contributed by atoms with Crippen LogP contribution in [0.15, 0.2) is 0 Å². The van der Waals surface area contributed by atoms with E-state index in [2.05, 4.69) is 66.8 Å². The molecule has 2 heteroatoms. The highest BCUT2D eigenvalue weighted by molar-refractivity contribution is 8.00. The van der Waals surface area contributed by atoms with Gasteiger partial charge in [0, 0.05) is 0 Å². The molecule has 0 saturated carbocycles. The maximum atomic E-state index is 4.44. The predicted octanol–water partition coefficient (Wildman–Crippen LogP) is 4.80. The van der Waals surface area contributed by atoms with Crippen LogP contribution in [0.25, 0.3) is 0 Å². The Morgan fingerprint density at radius 2 is 1.21 bits per heavy atom. The highest BCUT2D eigenvalue weighted by atomic mass is 32.2. The zero-order chi connectivity index (χ0) is 11.6. The van der Waals surface area contributed by atoms with E-state index in [4.69, 9.17) is 0 Å². The summed E-state index contributed by atoms with van der Waals surface area (Å²) in [5, 5.41) is 0. The maximum absolute atomic E-state index is 4.44. The molecule has 0 aromatic carbocycles. The molecule has 0 spiro atoms. The quantitative estimate of drug-likeness (QED) is 0.506. The Morgan fingerprint density at radius 1 is 0.786 bits per heavy atom. The highest BCUT2D eigenvalue weighted by Crippen LogP contribution is 2.39. The van der Waals surface area contributed by atoms with Crippen LogP contribution in [0.4, 0.5) is 0 Å². The minimum absolute atomic E-state index is 0.130. The summed E-state index contributed by atoms with van der Waals surface area (Å²) in [6, 6.07) is 0. The van der Waals surface area contributed by atoms with Gasteiger partial charge in [0.15, 0.2) is 0 Å². The monoisotopic (exact) mass is 234 g/mol. The fraction of sp³-hybridized carbons (Fsp3) is 1.00. The van der Waals surface area contributed by atoms with Crippen LogP contribution in [-0.4, -0.2) is 4.08 Å². The van der Waals surface area contributed by atoms with Gasteiger partial charge in [-0.2, -0.15) is 25.3 Å². The normalized spacial score (nSPS) is 14.6. The minimum atomic E-state index is -0.130. The highest BCUT2D eigenvalue weighted by Gasteiger charge is 2.27. The van der Waals surface area contributed by atoms with Crippen LogP contribution in [0.3, 0.4) is 0 Å². The van der Waals surface area contributed by atoms with Crippen molar-refractivity contribution in [3.63, 3.8) is 0 Å². The van der Waals surface area contributed by atoms with Gasteiger partial charge in [0.25, 0.3) is 0 Å². The van der Waals surface area contributed by atoms with E-state index in [1.807, 2.05) is 0 Å². The van der Waals surface area contributed by atoms with Crippen LogP contribution >= 0.6 is 25.3 Å². The Bertz CT molecular complexity index is 170. The van der Waals surface area contributed by atoms with Crippen molar-refractivity contribution in [1.82, 2.24) is 0 Å². The number of hydrogen-bond donors (Lipinski definition) is 2. The molecule has 0 atom stereocenters. The fourth-order valence-corrected chi connectivity index (χ4v) is 2.32. The van der Waals surface area contributed by atoms with Crippen molar-refractivity contribution in [3.8, 4) is 0 Å². The third kappa shape index (κ3) is 9.26. The van der Waals surface area contributed by atoms with Gasteiger partial charge in [-0.05, 0) is 37.0 Å². The Balaban J connectivity index is 4.09. The SMILES string of the molecule is CC(C)(C)CC(C)(C)CCC(C)(S)S. The summed E-state index contributed by atoms with van der Waals surface area (Å²) < 4.78 is -0.130. The lowest BCUT2D eigenvalue weighted by atomic mass is 9.73. The summed E-state index contributed by atoms with van der Waals surface area (Å²) in [5.41, 5.74) is 0.804. The molecule has 86 valence electrons. The van der Waals surface area contributed by atoms with Crippen molar-refractivity contribution in [3.05, 3.63) is 0 Å². The zero-order valence-corrected chi connectivity index (χ0v) is 12.3. The molecule has 0 amide bonds. The predicted molar refractivity (Wildman–Crippen MR) is 73.5 cm³/mol. The Kier molecular flexibility index (Phi) is 4.93. The molecule has 0 aliphatic heterocycles. The van der Waals surface area contributed by atoms with E-state index in [1.165, 1.54) is 12.8 Å². The lowest BCUT2D eigenvalue weighted by Crippen LogP contribution is -2.23. The van der Waals surface area contributed by atoms with E-state index in [9.17, 15) is 0 Å². The van der Waals surface area contributed by atoms with Gasteiger partial charge in [-0.1, -0.05) is 34.6 Å². The Labute approximate surface area is 101 Å². The minimum Gasteiger partial charge on any atom is -0.162 e. The zero-order valence-electron chi connectivity index (χ0n) is 10.5. The first kappa shape index (κ1) is 14.7. The second-order valence-corrected chi connectivity index (χ2v) is 8.95. The Hall–Kier alpha value is 0.700. The van der Waals surface area contributed by atoms with Gasteiger partial charge in [0.2, 0.25) is 0 Å². The second kappa shape index (κ2) is 4.69. The molecule has 0 aliphatic carbocycles. The molecule has 0 rings (SSSR count). The van der Waals surface area contributed by atoms with Crippen LogP contribution in [0, 0.1) is 10.8 Å². The number of rotatable bonds is 4. The maximum Gasteiger partial charge on any atom is 0.0524 e. The van der Waals surface area contributed by atoms with E-state index in [0.29, 0.717) is 10.8 Å². The van der Waals surface area contributed by atoms with Gasteiger partial charge < -0.3 is 0 Å². The molecule has 0 bridgehead atoms. The van der Waals surface area contributed by atoms with Crippen molar-refractivity contribution in [1.29, 1.82) is 0 Å². The number of thiol groups is 2. The summed E-state index contributed by atoms with van der Waals surface area (Å²) in [6.07, 6.45) is 3.49. The van der Waals surface area contributed by atoms with E-state index in [-0.39, 0.29) is 4.08 Å². The first-order valence-electron chi connectivity index (χ1n) is 5.36. The van der Waals surface area contributed by atoms with Crippen LogP contribution in [0.1, 0.15) is 60.8 Å². The van der Waals surface area contributed by atoms with Gasteiger partial charge in [-0.15, -0.1) is 0 Å². The lowest BCUT2D eigenvalue weighted by molar-refractivity contribution is 0.194. The van der Waals surface area contributed by atoms with Crippen molar-refractivity contribution in [2.24, 2.45) is 10.8 Å². The summed E-state index contributed by atoms with van der Waals surface area (Å²) in [7, 11) is 0. The smallest absolute Gasteiger partial charge is 0.0524 e. The average molecular weight is 234 g/mol. The van der Waals surface area contributed by atoms with Gasteiger partial charge in [-0.25, -0.2) is 0 Å². The van der Waals surface area contributed by atoms with Crippen LogP contribution < -0.4 is 0 Å². The van der Waals surface area contributed by atoms with E-state index in [1.54, 1.807) is 0 Å². The van der Waals surface area contributed by atoms with Crippen LogP contribution in [0.5, 0.6) is 0 Å². The Morgan fingerprint density at radius 3 is 1.50 bits per heavy atom. The van der Waals surface area contributed by atoms with Crippen molar-refractivity contribution >= 4 is 25.3 Å². The van der Waals surface area contributed by atoms with Gasteiger partial charge in [0.1, 0.15) is 0 Å². The molecular weight excluding hydrogens is 208 g/mol. The molecule has 14 heavy (non-hydrogen) atoms. The summed E-state index contributed by atoms with van der Waals surface area (Å²) in [6.45, 7) is 13.6. The van der Waals surface area contributed by atoms with Gasteiger partial charge in [-0.3, -0.25) is 0 Å². The van der Waals surface area contributed by atoms with E-state index >= 15 is 0 Å². The van der Waals surface area contributed by atoms with Crippen LogP contribution in [0.2, 0.25) is 0 Å². The first-order chi connectivity index (χ1) is 5.91. The van der Waals surface area contributed by atoms with Gasteiger partial charge >= 0.3 is 0 Å². The van der Waals surface area contributed by atoms with E-state index < -0.39 is 0 Å². The fourth-order valence-electron chi connectivity index (χ4n) is 2.10. The molecule has 0 nitrogen and oxygen atoms in total. The van der Waals surface area contributed by atoms with Crippen LogP contribution in [-0.2, 0) is 0 Å². The standard InChI is InChI=1S/C12H26S2/c1-10(2,3)9-11(4,5)7-8-12(6,13)14/h13-14H,7-9H2,1-6H3. The lowest BCUT2D eigenvalue weighted by Gasteiger charge is -2.34. The molecule has 0 saturated heterocycles. The topological polar surface area (TPSA) is 0 Å². The van der Waals surface area contributed by atoms with Crippen molar-refractivity contribution < 1.29 is 0 Å². The average Bonchev–Trinajstić information content (AvgIpc) is 1.76. The molecule has 0 fully saturated rings. The molecular formula is C12H26S2.